The molecule has 1 N–H and O–H groups in total. The minimum absolute atomic E-state index is 0.308. The molecule has 170 valence electrons. The second kappa shape index (κ2) is 8.76. The van der Waals surface area contributed by atoms with E-state index < -0.39 is 6.35 Å². The highest BCUT2D eigenvalue weighted by Gasteiger charge is 2.44. The number of rotatable bonds is 6. The molecule has 2 aliphatic heterocycles. The summed E-state index contributed by atoms with van der Waals surface area (Å²) in [7, 11) is 2.01. The lowest BCUT2D eigenvalue weighted by Crippen LogP contribution is -2.61. The first-order valence-electron chi connectivity index (χ1n) is 11.5. The molecule has 2 aliphatic rings. The highest BCUT2D eigenvalue weighted by molar-refractivity contribution is 6.30. The first kappa shape index (κ1) is 21.9. The topological polar surface area (TPSA) is 47.2 Å². The molecule has 0 radical (unpaired) electrons. The Labute approximate surface area is 195 Å². The standard InChI is InChI=1S/C25H32ClN5O/c1-17(2)28(3)25(32)31-20-11-12-21(31)15-29(14-20)16-22-24(18-7-9-19(26)10-8-18)27-23-6-4-5-13-30(22)23/h4-10,13,17,20-21,25,32H,11-12,14-16H2,1-3H3. The van der Waals surface area contributed by atoms with Gasteiger partial charge in [-0.1, -0.05) is 29.8 Å². The summed E-state index contributed by atoms with van der Waals surface area (Å²) in [5.41, 5.74) is 4.27. The summed E-state index contributed by atoms with van der Waals surface area (Å²) in [6.07, 6.45) is 3.86. The van der Waals surface area contributed by atoms with Crippen molar-refractivity contribution in [3.63, 3.8) is 0 Å². The largest absolute Gasteiger partial charge is 0.365 e. The zero-order valence-electron chi connectivity index (χ0n) is 19.0. The second-order valence-electron chi connectivity index (χ2n) is 9.47. The van der Waals surface area contributed by atoms with Crippen LogP contribution in [0.15, 0.2) is 48.7 Å². The predicted molar refractivity (Wildman–Crippen MR) is 128 cm³/mol. The van der Waals surface area contributed by atoms with Crippen LogP contribution in [0.5, 0.6) is 0 Å². The van der Waals surface area contributed by atoms with E-state index in [0.29, 0.717) is 18.1 Å². The van der Waals surface area contributed by atoms with Crippen LogP contribution in [0.25, 0.3) is 16.9 Å². The third-order valence-corrected chi connectivity index (χ3v) is 7.43. The van der Waals surface area contributed by atoms with E-state index in [4.69, 9.17) is 16.6 Å². The Kier molecular flexibility index (Phi) is 5.99. The summed E-state index contributed by atoms with van der Waals surface area (Å²) in [4.78, 5) is 11.9. The first-order chi connectivity index (χ1) is 15.4. The Morgan fingerprint density at radius 3 is 2.44 bits per heavy atom. The SMILES string of the molecule is CC(C)N(C)C(O)N1C2CCC1CN(Cc1c(-c3ccc(Cl)cc3)nc3ccccn13)C2. The number of imidazole rings is 1. The van der Waals surface area contributed by atoms with Crippen LogP contribution >= 0.6 is 11.6 Å². The van der Waals surface area contributed by atoms with E-state index in [1.807, 2.05) is 37.4 Å². The number of piperazine rings is 1. The number of nitrogens with zero attached hydrogens (tertiary/aromatic N) is 5. The normalized spacial score (nSPS) is 23.0. The van der Waals surface area contributed by atoms with Crippen molar-refractivity contribution in [2.75, 3.05) is 20.1 Å². The fourth-order valence-corrected chi connectivity index (χ4v) is 5.38. The maximum atomic E-state index is 11.0. The number of halogens is 1. The average Bonchev–Trinajstić information content (AvgIpc) is 3.28. The number of aliphatic hydroxyl groups excluding tert-OH is 1. The fraction of sp³-hybridized carbons (Fsp3) is 0.480. The first-order valence-corrected chi connectivity index (χ1v) is 11.9. The number of aliphatic hydroxyl groups is 1. The average molecular weight is 454 g/mol. The van der Waals surface area contributed by atoms with Crippen LogP contribution in [-0.4, -0.2) is 73.8 Å². The molecule has 3 aromatic rings. The van der Waals surface area contributed by atoms with Gasteiger partial charge < -0.3 is 9.51 Å². The van der Waals surface area contributed by atoms with Gasteiger partial charge in [0.05, 0.1) is 11.4 Å². The van der Waals surface area contributed by atoms with Gasteiger partial charge in [-0.3, -0.25) is 14.7 Å². The van der Waals surface area contributed by atoms with Gasteiger partial charge in [0.15, 0.2) is 6.35 Å². The van der Waals surface area contributed by atoms with E-state index in [0.717, 1.165) is 54.4 Å². The van der Waals surface area contributed by atoms with Crippen LogP contribution in [-0.2, 0) is 6.54 Å². The monoisotopic (exact) mass is 453 g/mol. The Hall–Kier alpha value is -1.96. The van der Waals surface area contributed by atoms with Crippen LogP contribution in [0.1, 0.15) is 32.4 Å². The van der Waals surface area contributed by atoms with Crippen LogP contribution in [0.3, 0.4) is 0 Å². The van der Waals surface area contributed by atoms with Gasteiger partial charge in [0.2, 0.25) is 0 Å². The number of aromatic nitrogens is 2. The molecule has 2 aromatic heterocycles. The van der Waals surface area contributed by atoms with Crippen LogP contribution in [0.2, 0.25) is 5.02 Å². The van der Waals surface area contributed by atoms with Crippen LogP contribution in [0.4, 0.5) is 0 Å². The molecule has 0 aliphatic carbocycles. The molecular formula is C25H32ClN5O. The quantitative estimate of drug-likeness (QED) is 0.573. The number of hydrogen-bond donors (Lipinski definition) is 1. The van der Waals surface area contributed by atoms with Gasteiger partial charge in [0, 0.05) is 54.5 Å². The molecule has 1 aromatic carbocycles. The summed E-state index contributed by atoms with van der Waals surface area (Å²) >= 11 is 6.13. The molecule has 2 fully saturated rings. The Balaban J connectivity index is 1.41. The van der Waals surface area contributed by atoms with Crippen LogP contribution < -0.4 is 0 Å². The maximum Gasteiger partial charge on any atom is 0.166 e. The van der Waals surface area contributed by atoms with Crippen LogP contribution in [0, 0.1) is 0 Å². The summed E-state index contributed by atoms with van der Waals surface area (Å²) in [5, 5.41) is 11.7. The van der Waals surface area contributed by atoms with Gasteiger partial charge in [-0.2, -0.15) is 0 Å². The van der Waals surface area contributed by atoms with E-state index >= 15 is 0 Å². The molecule has 3 atom stereocenters. The lowest BCUT2D eigenvalue weighted by Gasteiger charge is -2.46. The molecule has 0 spiro atoms. The molecule has 6 nitrogen and oxygen atoms in total. The van der Waals surface area contributed by atoms with E-state index in [9.17, 15) is 5.11 Å². The lowest BCUT2D eigenvalue weighted by molar-refractivity contribution is -0.151. The molecule has 0 saturated carbocycles. The maximum absolute atomic E-state index is 11.0. The highest BCUT2D eigenvalue weighted by Crippen LogP contribution is 2.34. The van der Waals surface area contributed by atoms with E-state index in [1.165, 1.54) is 5.69 Å². The smallest absolute Gasteiger partial charge is 0.166 e. The number of benzene rings is 1. The molecule has 32 heavy (non-hydrogen) atoms. The van der Waals surface area contributed by atoms with Gasteiger partial charge >= 0.3 is 0 Å². The minimum atomic E-state index is -0.518. The fourth-order valence-electron chi connectivity index (χ4n) is 5.25. The van der Waals surface area contributed by atoms with E-state index in [-0.39, 0.29) is 0 Å². The lowest BCUT2D eigenvalue weighted by atomic mass is 10.1. The number of pyridine rings is 1. The minimum Gasteiger partial charge on any atom is -0.365 e. The number of fused-ring (bicyclic) bond motifs is 3. The highest BCUT2D eigenvalue weighted by atomic mass is 35.5. The van der Waals surface area contributed by atoms with Crippen molar-refractivity contribution in [1.29, 1.82) is 0 Å². The van der Waals surface area contributed by atoms with E-state index in [1.54, 1.807) is 0 Å². The molecule has 0 amide bonds. The van der Waals surface area contributed by atoms with Crippen molar-refractivity contribution in [2.24, 2.45) is 0 Å². The van der Waals surface area contributed by atoms with Crippen molar-refractivity contribution in [3.05, 3.63) is 59.4 Å². The zero-order valence-corrected chi connectivity index (χ0v) is 19.8. The van der Waals surface area contributed by atoms with Gasteiger partial charge in [-0.15, -0.1) is 0 Å². The summed E-state index contributed by atoms with van der Waals surface area (Å²) in [5.74, 6) is 0. The van der Waals surface area contributed by atoms with Crippen molar-refractivity contribution in [1.82, 2.24) is 24.1 Å². The predicted octanol–water partition coefficient (Wildman–Crippen LogP) is 3.92. The molecule has 4 heterocycles. The van der Waals surface area contributed by atoms with Crippen molar-refractivity contribution in [3.8, 4) is 11.3 Å². The van der Waals surface area contributed by atoms with Gasteiger partial charge in [-0.05, 0) is 58.0 Å². The second-order valence-corrected chi connectivity index (χ2v) is 9.91. The summed E-state index contributed by atoms with van der Waals surface area (Å²) in [6, 6.07) is 15.2. The molecular weight excluding hydrogens is 422 g/mol. The van der Waals surface area contributed by atoms with Crippen molar-refractivity contribution >= 4 is 17.2 Å². The van der Waals surface area contributed by atoms with Gasteiger partial charge in [0.25, 0.3) is 0 Å². The molecule has 7 heteroatoms. The third kappa shape index (κ3) is 3.95. The summed E-state index contributed by atoms with van der Waals surface area (Å²) < 4.78 is 2.21. The summed E-state index contributed by atoms with van der Waals surface area (Å²) in [6.45, 7) is 7.01. The zero-order chi connectivity index (χ0) is 22.4. The Morgan fingerprint density at radius 2 is 1.78 bits per heavy atom. The molecule has 2 saturated heterocycles. The van der Waals surface area contributed by atoms with Crippen molar-refractivity contribution in [2.45, 2.75) is 57.7 Å². The molecule has 2 bridgehead atoms. The third-order valence-electron chi connectivity index (χ3n) is 7.18. The molecule has 3 unspecified atom stereocenters. The number of hydrogen-bond acceptors (Lipinski definition) is 5. The van der Waals surface area contributed by atoms with Gasteiger partial charge in [-0.25, -0.2) is 4.98 Å². The van der Waals surface area contributed by atoms with Gasteiger partial charge in [0.1, 0.15) is 5.65 Å². The number of likely N-dealkylation sites (tertiary alicyclic amines) is 1. The molecule has 5 rings (SSSR count). The van der Waals surface area contributed by atoms with Crippen molar-refractivity contribution < 1.29 is 5.11 Å². The van der Waals surface area contributed by atoms with E-state index in [2.05, 4.69) is 51.3 Å². The Morgan fingerprint density at radius 1 is 1.09 bits per heavy atom. The Bertz CT molecular complexity index is 1070.